The second-order valence-electron chi connectivity index (χ2n) is 4.94. The molecule has 0 heterocycles. The Labute approximate surface area is 124 Å². The lowest BCUT2D eigenvalue weighted by Gasteiger charge is -2.18. The van der Waals surface area contributed by atoms with Crippen molar-refractivity contribution in [3.63, 3.8) is 0 Å². The highest BCUT2D eigenvalue weighted by Gasteiger charge is 2.17. The summed E-state index contributed by atoms with van der Waals surface area (Å²) in [5.74, 6) is 0.448. The van der Waals surface area contributed by atoms with Crippen LogP contribution in [0.5, 0.6) is 5.75 Å². The Kier molecular flexibility index (Phi) is 4.95. The maximum Gasteiger partial charge on any atom is 0.265 e. The van der Waals surface area contributed by atoms with Crippen molar-refractivity contribution in [1.82, 2.24) is 0 Å². The summed E-state index contributed by atoms with van der Waals surface area (Å²) >= 11 is 0. The summed E-state index contributed by atoms with van der Waals surface area (Å²) < 4.78 is 5.75. The average Bonchev–Trinajstić information content (AvgIpc) is 2.48. The highest BCUT2D eigenvalue weighted by Crippen LogP contribution is 2.24. The Morgan fingerprint density at radius 2 is 1.67 bits per heavy atom. The standard InChI is InChI=1S/C17H20N2O2/c1-12(18)15-10-6-7-11-16(15)21-13(2)17(20)19-14-8-4-3-5-9-14/h3-13H,18H2,1-2H3,(H,19,20)/t12-,13?/m1/s1. The van der Waals surface area contributed by atoms with Crippen LogP contribution < -0.4 is 15.8 Å². The van der Waals surface area contributed by atoms with Gasteiger partial charge in [-0.3, -0.25) is 4.79 Å². The van der Waals surface area contributed by atoms with Crippen molar-refractivity contribution < 1.29 is 9.53 Å². The predicted molar refractivity (Wildman–Crippen MR) is 84.2 cm³/mol. The van der Waals surface area contributed by atoms with E-state index in [4.69, 9.17) is 10.5 Å². The lowest BCUT2D eigenvalue weighted by Crippen LogP contribution is -2.30. The topological polar surface area (TPSA) is 64.3 Å². The summed E-state index contributed by atoms with van der Waals surface area (Å²) in [4.78, 5) is 12.1. The van der Waals surface area contributed by atoms with Gasteiger partial charge in [0.1, 0.15) is 5.75 Å². The van der Waals surface area contributed by atoms with Crippen LogP contribution in [0.3, 0.4) is 0 Å². The molecule has 0 aliphatic heterocycles. The van der Waals surface area contributed by atoms with Crippen LogP contribution >= 0.6 is 0 Å². The second kappa shape index (κ2) is 6.90. The van der Waals surface area contributed by atoms with Crippen molar-refractivity contribution in [3.8, 4) is 5.75 Å². The van der Waals surface area contributed by atoms with Crippen LogP contribution in [0, 0.1) is 0 Å². The fourth-order valence-electron chi connectivity index (χ4n) is 1.97. The van der Waals surface area contributed by atoms with E-state index >= 15 is 0 Å². The molecule has 0 saturated heterocycles. The molecule has 0 fully saturated rings. The summed E-state index contributed by atoms with van der Waals surface area (Å²) in [7, 11) is 0. The maximum atomic E-state index is 12.1. The van der Waals surface area contributed by atoms with Gasteiger partial charge in [-0.15, -0.1) is 0 Å². The quantitative estimate of drug-likeness (QED) is 0.886. The van der Waals surface area contributed by atoms with Gasteiger partial charge in [0.15, 0.2) is 6.10 Å². The van der Waals surface area contributed by atoms with Crippen LogP contribution in [-0.4, -0.2) is 12.0 Å². The van der Waals surface area contributed by atoms with Crippen LogP contribution in [0.1, 0.15) is 25.5 Å². The number of benzene rings is 2. The molecule has 0 spiro atoms. The number of amides is 1. The third-order valence-electron chi connectivity index (χ3n) is 3.12. The Hall–Kier alpha value is -2.33. The first-order valence-electron chi connectivity index (χ1n) is 6.95. The second-order valence-corrected chi connectivity index (χ2v) is 4.94. The third-order valence-corrected chi connectivity index (χ3v) is 3.12. The molecule has 0 bridgehead atoms. The highest BCUT2D eigenvalue weighted by atomic mass is 16.5. The van der Waals surface area contributed by atoms with Crippen molar-refractivity contribution >= 4 is 11.6 Å². The normalized spacial score (nSPS) is 13.3. The average molecular weight is 284 g/mol. The molecule has 2 rings (SSSR count). The van der Waals surface area contributed by atoms with E-state index in [1.165, 1.54) is 0 Å². The molecule has 1 unspecified atom stereocenters. The molecule has 1 amide bonds. The number of carbonyl (C=O) groups excluding carboxylic acids is 1. The van der Waals surface area contributed by atoms with Crippen LogP contribution in [0.15, 0.2) is 54.6 Å². The minimum Gasteiger partial charge on any atom is -0.481 e. The first kappa shape index (κ1) is 15.1. The number of nitrogens with one attached hydrogen (secondary N) is 1. The van der Waals surface area contributed by atoms with E-state index in [0.29, 0.717) is 5.75 Å². The van der Waals surface area contributed by atoms with Gasteiger partial charge in [0, 0.05) is 17.3 Å². The summed E-state index contributed by atoms with van der Waals surface area (Å²) in [6.07, 6.45) is -0.606. The smallest absolute Gasteiger partial charge is 0.265 e. The summed E-state index contributed by atoms with van der Waals surface area (Å²) in [5.41, 5.74) is 7.54. The zero-order chi connectivity index (χ0) is 15.2. The molecule has 21 heavy (non-hydrogen) atoms. The molecule has 110 valence electrons. The van der Waals surface area contributed by atoms with Gasteiger partial charge in [0.05, 0.1) is 0 Å². The van der Waals surface area contributed by atoms with Crippen LogP contribution in [0.25, 0.3) is 0 Å². The zero-order valence-corrected chi connectivity index (χ0v) is 12.2. The van der Waals surface area contributed by atoms with E-state index in [0.717, 1.165) is 11.3 Å². The molecule has 0 radical (unpaired) electrons. The number of hydrogen-bond donors (Lipinski definition) is 2. The largest absolute Gasteiger partial charge is 0.481 e. The van der Waals surface area contributed by atoms with Gasteiger partial charge in [-0.25, -0.2) is 0 Å². The van der Waals surface area contributed by atoms with E-state index in [9.17, 15) is 4.79 Å². The fraction of sp³-hybridized carbons (Fsp3) is 0.235. The molecule has 0 aliphatic rings. The zero-order valence-electron chi connectivity index (χ0n) is 12.2. The van der Waals surface area contributed by atoms with E-state index in [1.54, 1.807) is 6.92 Å². The van der Waals surface area contributed by atoms with Gasteiger partial charge >= 0.3 is 0 Å². The van der Waals surface area contributed by atoms with E-state index < -0.39 is 6.10 Å². The molecule has 0 aromatic heterocycles. The molecule has 2 atom stereocenters. The van der Waals surface area contributed by atoms with Gasteiger partial charge in [-0.1, -0.05) is 36.4 Å². The van der Waals surface area contributed by atoms with Gasteiger partial charge < -0.3 is 15.8 Å². The SMILES string of the molecule is CC(Oc1ccccc1[C@@H](C)N)C(=O)Nc1ccccc1. The molecule has 4 heteroatoms. The predicted octanol–water partition coefficient (Wildman–Crippen LogP) is 3.11. The number of anilines is 1. The van der Waals surface area contributed by atoms with Gasteiger partial charge in [0.25, 0.3) is 5.91 Å². The Bertz CT molecular complexity index is 597. The van der Waals surface area contributed by atoms with Crippen molar-refractivity contribution in [3.05, 3.63) is 60.2 Å². The number of ether oxygens (including phenoxy) is 1. The maximum absolute atomic E-state index is 12.1. The molecular formula is C17H20N2O2. The summed E-state index contributed by atoms with van der Waals surface area (Å²) in [6, 6.07) is 16.6. The molecule has 0 aliphatic carbocycles. The number of nitrogens with two attached hydrogens (primary N) is 1. The lowest BCUT2D eigenvalue weighted by atomic mass is 10.1. The van der Waals surface area contributed by atoms with Crippen molar-refractivity contribution in [2.75, 3.05) is 5.32 Å². The van der Waals surface area contributed by atoms with E-state index in [2.05, 4.69) is 5.32 Å². The van der Waals surface area contributed by atoms with E-state index in [-0.39, 0.29) is 11.9 Å². The fourth-order valence-corrected chi connectivity index (χ4v) is 1.97. The molecule has 3 N–H and O–H groups in total. The van der Waals surface area contributed by atoms with Gasteiger partial charge in [0.2, 0.25) is 0 Å². The Balaban J connectivity index is 2.04. The highest BCUT2D eigenvalue weighted by molar-refractivity contribution is 5.94. The third kappa shape index (κ3) is 4.07. The van der Waals surface area contributed by atoms with Crippen molar-refractivity contribution in [1.29, 1.82) is 0 Å². The number of para-hydroxylation sites is 2. The van der Waals surface area contributed by atoms with Crippen molar-refractivity contribution in [2.24, 2.45) is 5.73 Å². The lowest BCUT2D eigenvalue weighted by molar-refractivity contribution is -0.122. The minimum absolute atomic E-state index is 0.148. The summed E-state index contributed by atoms with van der Waals surface area (Å²) in [5, 5.41) is 2.82. The first-order chi connectivity index (χ1) is 10.1. The minimum atomic E-state index is -0.606. The van der Waals surface area contributed by atoms with Gasteiger partial charge in [-0.05, 0) is 32.0 Å². The van der Waals surface area contributed by atoms with Crippen LogP contribution in [0.4, 0.5) is 5.69 Å². The molecule has 2 aromatic rings. The number of hydrogen-bond acceptors (Lipinski definition) is 3. The van der Waals surface area contributed by atoms with Crippen molar-refractivity contribution in [2.45, 2.75) is 26.0 Å². The monoisotopic (exact) mass is 284 g/mol. The molecule has 2 aromatic carbocycles. The molecular weight excluding hydrogens is 264 g/mol. The molecule has 4 nitrogen and oxygen atoms in total. The van der Waals surface area contributed by atoms with E-state index in [1.807, 2.05) is 61.5 Å². The summed E-state index contributed by atoms with van der Waals surface area (Å²) in [6.45, 7) is 3.60. The first-order valence-corrected chi connectivity index (χ1v) is 6.95. The number of carbonyl (C=O) groups is 1. The van der Waals surface area contributed by atoms with Crippen LogP contribution in [0.2, 0.25) is 0 Å². The van der Waals surface area contributed by atoms with Gasteiger partial charge in [-0.2, -0.15) is 0 Å². The molecule has 0 saturated carbocycles. The Morgan fingerprint density at radius 1 is 1.05 bits per heavy atom. The Morgan fingerprint density at radius 3 is 2.33 bits per heavy atom. The van der Waals surface area contributed by atoms with Crippen LogP contribution in [-0.2, 0) is 4.79 Å². The number of rotatable bonds is 5.